The number of hydrogen-bond acceptors (Lipinski definition) is 6. The fraction of sp³-hybridized carbons (Fsp3) is 0.429. The number of amides is 1. The minimum absolute atomic E-state index is 0.00181. The molecule has 7 nitrogen and oxygen atoms in total. The average Bonchev–Trinajstić information content (AvgIpc) is 2.94. The second-order valence-corrected chi connectivity index (χ2v) is 5.94. The summed E-state index contributed by atoms with van der Waals surface area (Å²) in [4.78, 5) is 32.8. The molecular weight excluding hydrogens is 302 g/mol. The van der Waals surface area contributed by atoms with Crippen molar-refractivity contribution in [3.8, 4) is 0 Å². The van der Waals surface area contributed by atoms with Crippen molar-refractivity contribution in [3.63, 3.8) is 0 Å². The molecule has 1 aliphatic rings. The highest BCUT2D eigenvalue weighted by Gasteiger charge is 2.24. The lowest BCUT2D eigenvalue weighted by Gasteiger charge is -2.33. The molecule has 1 fully saturated rings. The lowest BCUT2D eigenvalue weighted by Crippen LogP contribution is -2.49. The van der Waals surface area contributed by atoms with Gasteiger partial charge in [-0.15, -0.1) is 0 Å². The summed E-state index contributed by atoms with van der Waals surface area (Å²) in [5.74, 6) is 0.308. The fourth-order valence-electron chi connectivity index (χ4n) is 2.63. The number of anilines is 1. The van der Waals surface area contributed by atoms with Gasteiger partial charge in [0.05, 0.1) is 11.3 Å². The highest BCUT2D eigenvalue weighted by Crippen LogP contribution is 2.16. The molecule has 0 saturated carbocycles. The van der Waals surface area contributed by atoms with Gasteiger partial charge in [-0.3, -0.25) is 9.59 Å². The first-order valence-corrected chi connectivity index (χ1v) is 7.99. The van der Waals surface area contributed by atoms with E-state index < -0.39 is 0 Å². The van der Waals surface area contributed by atoms with Crippen LogP contribution in [0, 0.1) is 6.92 Å². The van der Waals surface area contributed by atoms with E-state index in [0.29, 0.717) is 17.9 Å². The van der Waals surface area contributed by atoms with Gasteiger partial charge < -0.3 is 15.2 Å². The summed E-state index contributed by atoms with van der Waals surface area (Å²) in [5, 5.41) is 4.79. The first-order valence-electron chi connectivity index (χ1n) is 7.15. The zero-order chi connectivity index (χ0) is 15.5. The predicted octanol–water partition coefficient (Wildman–Crippen LogP) is 0.934. The third kappa shape index (κ3) is 3.01. The Balaban J connectivity index is 1.69. The summed E-state index contributed by atoms with van der Waals surface area (Å²) in [5.41, 5.74) is 1.17. The predicted molar refractivity (Wildman–Crippen MR) is 84.4 cm³/mol. The molecule has 3 rings (SSSR count). The summed E-state index contributed by atoms with van der Waals surface area (Å²) in [6, 6.07) is 0.00181. The van der Waals surface area contributed by atoms with Gasteiger partial charge in [0.1, 0.15) is 0 Å². The summed E-state index contributed by atoms with van der Waals surface area (Å²) in [6.07, 6.45) is 4.88. The van der Waals surface area contributed by atoms with Gasteiger partial charge in [0, 0.05) is 36.9 Å². The minimum Gasteiger partial charge on any atom is -0.350 e. The number of aryl methyl sites for hydroxylation is 1. The maximum Gasteiger partial charge on any atom is 0.290 e. The van der Waals surface area contributed by atoms with E-state index in [1.54, 1.807) is 11.6 Å². The third-order valence-corrected chi connectivity index (χ3v) is 4.46. The van der Waals surface area contributed by atoms with E-state index in [-0.39, 0.29) is 17.5 Å². The number of aromatic nitrogens is 3. The van der Waals surface area contributed by atoms with Crippen LogP contribution >= 0.6 is 11.5 Å². The maximum atomic E-state index is 12.3. The minimum atomic E-state index is -0.202. The van der Waals surface area contributed by atoms with Crippen molar-refractivity contribution in [1.82, 2.24) is 19.7 Å². The summed E-state index contributed by atoms with van der Waals surface area (Å²) in [7, 11) is 0. The Kier molecular flexibility index (Phi) is 4.19. The highest BCUT2D eigenvalue weighted by atomic mass is 32.1. The van der Waals surface area contributed by atoms with Gasteiger partial charge >= 0.3 is 0 Å². The van der Waals surface area contributed by atoms with Crippen molar-refractivity contribution < 1.29 is 4.79 Å². The molecule has 1 amide bonds. The van der Waals surface area contributed by atoms with E-state index >= 15 is 0 Å². The molecule has 0 aromatic carbocycles. The van der Waals surface area contributed by atoms with Crippen molar-refractivity contribution in [3.05, 3.63) is 39.4 Å². The summed E-state index contributed by atoms with van der Waals surface area (Å²) in [6.45, 7) is 3.18. The molecule has 2 aromatic heterocycles. The molecule has 0 unspecified atom stereocenters. The molecule has 1 atom stereocenters. The Hall–Kier alpha value is -2.22. The molecule has 3 heterocycles. The molecule has 2 N–H and O–H groups in total. The number of aromatic amines is 1. The lowest BCUT2D eigenvalue weighted by molar-refractivity contribution is 0.0932. The van der Waals surface area contributed by atoms with Crippen LogP contribution in [0.3, 0.4) is 0 Å². The average molecular weight is 319 g/mol. The normalized spacial score (nSPS) is 18.2. The first-order chi connectivity index (χ1) is 10.6. The fourth-order valence-corrected chi connectivity index (χ4v) is 3.32. The van der Waals surface area contributed by atoms with E-state index in [2.05, 4.69) is 19.7 Å². The quantitative estimate of drug-likeness (QED) is 0.878. The van der Waals surface area contributed by atoms with Gasteiger partial charge in [0.2, 0.25) is 0 Å². The van der Waals surface area contributed by atoms with Crippen LogP contribution in [-0.2, 0) is 0 Å². The van der Waals surface area contributed by atoms with Gasteiger partial charge in [0.15, 0.2) is 5.82 Å². The van der Waals surface area contributed by atoms with Gasteiger partial charge in [-0.05, 0) is 31.3 Å². The van der Waals surface area contributed by atoms with Gasteiger partial charge in [0.25, 0.3) is 11.5 Å². The molecule has 0 aliphatic carbocycles. The summed E-state index contributed by atoms with van der Waals surface area (Å²) >= 11 is 1.28. The van der Waals surface area contributed by atoms with E-state index in [9.17, 15) is 9.59 Å². The van der Waals surface area contributed by atoms with Crippen LogP contribution < -0.4 is 15.8 Å². The molecule has 0 bridgehead atoms. The van der Waals surface area contributed by atoms with Crippen LogP contribution in [0.2, 0.25) is 0 Å². The zero-order valence-corrected chi connectivity index (χ0v) is 13.0. The lowest BCUT2D eigenvalue weighted by atomic mass is 10.1. The van der Waals surface area contributed by atoms with Crippen LogP contribution in [0.25, 0.3) is 0 Å². The number of carbonyl (C=O) groups is 1. The molecule has 116 valence electrons. The van der Waals surface area contributed by atoms with E-state index in [1.165, 1.54) is 17.7 Å². The number of carbonyl (C=O) groups excluding carboxylic acids is 1. The van der Waals surface area contributed by atoms with Crippen LogP contribution in [0.4, 0.5) is 5.82 Å². The van der Waals surface area contributed by atoms with Gasteiger partial charge in [-0.2, -0.15) is 4.37 Å². The third-order valence-electron chi connectivity index (χ3n) is 3.74. The first kappa shape index (κ1) is 14.7. The Bertz CT molecular complexity index is 726. The molecular formula is C14H17N5O2S. The van der Waals surface area contributed by atoms with Gasteiger partial charge in [-0.1, -0.05) is 0 Å². The standard InChI is InChI=1S/C14H17N5O2S/c1-9-11(8-22-18-9)13(20)17-10-3-2-6-19(7-10)12-14(21)16-5-4-15-12/h4-5,8,10H,2-3,6-7H2,1H3,(H,16,21)(H,17,20)/t10-/m1/s1. The van der Waals surface area contributed by atoms with E-state index in [4.69, 9.17) is 0 Å². The van der Waals surface area contributed by atoms with Gasteiger partial charge in [-0.25, -0.2) is 4.98 Å². The number of rotatable bonds is 3. The second kappa shape index (κ2) is 6.27. The molecule has 22 heavy (non-hydrogen) atoms. The number of hydrogen-bond donors (Lipinski definition) is 2. The van der Waals surface area contributed by atoms with Crippen LogP contribution in [0.5, 0.6) is 0 Å². The number of nitrogens with one attached hydrogen (secondary N) is 2. The van der Waals surface area contributed by atoms with Crippen molar-refractivity contribution in [2.45, 2.75) is 25.8 Å². The number of H-pyrrole nitrogens is 1. The Morgan fingerprint density at radius 2 is 2.41 bits per heavy atom. The van der Waals surface area contributed by atoms with Crippen molar-refractivity contribution in [1.29, 1.82) is 0 Å². The molecule has 1 saturated heterocycles. The smallest absolute Gasteiger partial charge is 0.290 e. The Labute approximate surface area is 131 Å². The highest BCUT2D eigenvalue weighted by molar-refractivity contribution is 7.03. The van der Waals surface area contributed by atoms with E-state index in [1.807, 2.05) is 11.8 Å². The maximum absolute atomic E-state index is 12.3. The van der Waals surface area contributed by atoms with Crippen LogP contribution in [0.15, 0.2) is 22.6 Å². The largest absolute Gasteiger partial charge is 0.350 e. The SMILES string of the molecule is Cc1nscc1C(=O)N[C@@H]1CCCN(c2ncc[nH]c2=O)C1. The van der Waals surface area contributed by atoms with Crippen molar-refractivity contribution in [2.75, 3.05) is 18.0 Å². The van der Waals surface area contributed by atoms with E-state index in [0.717, 1.165) is 25.1 Å². The summed E-state index contributed by atoms with van der Waals surface area (Å²) < 4.78 is 4.12. The number of piperidine rings is 1. The van der Waals surface area contributed by atoms with Crippen molar-refractivity contribution >= 4 is 23.3 Å². The topological polar surface area (TPSA) is 91.0 Å². The Morgan fingerprint density at radius 3 is 3.14 bits per heavy atom. The zero-order valence-electron chi connectivity index (χ0n) is 12.2. The molecule has 0 radical (unpaired) electrons. The monoisotopic (exact) mass is 319 g/mol. The van der Waals surface area contributed by atoms with Crippen LogP contribution in [-0.4, -0.2) is 39.4 Å². The molecule has 0 spiro atoms. The molecule has 2 aromatic rings. The second-order valence-electron chi connectivity index (χ2n) is 5.31. The molecule has 8 heteroatoms. The number of nitrogens with zero attached hydrogens (tertiary/aromatic N) is 3. The molecule has 1 aliphatic heterocycles. The van der Waals surface area contributed by atoms with Crippen molar-refractivity contribution in [2.24, 2.45) is 0 Å². The Morgan fingerprint density at radius 1 is 1.55 bits per heavy atom. The van der Waals surface area contributed by atoms with Crippen LogP contribution in [0.1, 0.15) is 28.9 Å².